The van der Waals surface area contributed by atoms with Crippen molar-refractivity contribution in [1.82, 2.24) is 14.8 Å². The first kappa shape index (κ1) is 31.3. The molecule has 1 aromatic carbocycles. The number of nitrogens with zero attached hydrogens (tertiary/aromatic N) is 5. The van der Waals surface area contributed by atoms with E-state index in [-0.39, 0.29) is 19.0 Å². The number of pyridine rings is 1. The highest BCUT2D eigenvalue weighted by molar-refractivity contribution is 6.33. The molecule has 3 aromatic rings. The van der Waals surface area contributed by atoms with Gasteiger partial charge < -0.3 is 15.7 Å². The number of aliphatic hydroxyl groups is 1. The van der Waals surface area contributed by atoms with Gasteiger partial charge in [-0.25, -0.2) is 15.1 Å². The Kier molecular flexibility index (Phi) is 9.98. The highest BCUT2D eigenvalue weighted by Gasteiger charge is 2.34. The molecule has 0 saturated carbocycles. The van der Waals surface area contributed by atoms with E-state index in [9.17, 15) is 14.4 Å². The predicted molar refractivity (Wildman–Crippen MR) is 167 cm³/mol. The minimum absolute atomic E-state index is 0.0674. The fourth-order valence-corrected chi connectivity index (χ4v) is 6.76. The van der Waals surface area contributed by atoms with E-state index in [4.69, 9.17) is 34.0 Å². The number of anilines is 3. The second-order valence-electron chi connectivity index (χ2n) is 11.3. The molecule has 2 saturated heterocycles. The number of aromatic nitrogens is 2. The summed E-state index contributed by atoms with van der Waals surface area (Å²) in [5.41, 5.74) is 6.33. The SMILES string of the molecule is CC[C@H]1CN(c2ncc(Nc3c(=O)c(=O)[n+]3CCCO)cc2Cl)CCN1C1CCN(Cc2ccc(Cl)cc2C(N)=O)CC1. The van der Waals surface area contributed by atoms with Crippen LogP contribution in [-0.4, -0.2) is 77.2 Å². The topological polar surface area (TPSA) is 136 Å². The summed E-state index contributed by atoms with van der Waals surface area (Å²) in [7, 11) is 0. The van der Waals surface area contributed by atoms with Crippen LogP contribution in [-0.2, 0) is 13.1 Å². The molecule has 2 fully saturated rings. The Morgan fingerprint density at radius 1 is 1.16 bits per heavy atom. The van der Waals surface area contributed by atoms with Gasteiger partial charge in [0.2, 0.25) is 5.91 Å². The van der Waals surface area contributed by atoms with Crippen molar-refractivity contribution in [2.45, 2.75) is 57.8 Å². The van der Waals surface area contributed by atoms with Gasteiger partial charge in [-0.05, 0) is 50.0 Å². The molecule has 2 aliphatic heterocycles. The minimum Gasteiger partial charge on any atom is -0.396 e. The summed E-state index contributed by atoms with van der Waals surface area (Å²) in [6, 6.07) is 7.90. The lowest BCUT2D eigenvalue weighted by molar-refractivity contribution is -0.710. The molecule has 0 bridgehead atoms. The lowest BCUT2D eigenvalue weighted by atomic mass is 9.97. The van der Waals surface area contributed by atoms with Crippen LogP contribution in [0.3, 0.4) is 0 Å². The van der Waals surface area contributed by atoms with E-state index in [0.717, 1.165) is 57.5 Å². The van der Waals surface area contributed by atoms with Crippen LogP contribution in [0.1, 0.15) is 48.5 Å². The van der Waals surface area contributed by atoms with Gasteiger partial charge >= 0.3 is 16.8 Å². The summed E-state index contributed by atoms with van der Waals surface area (Å²) in [6.45, 7) is 7.46. The average molecular weight is 632 g/mol. The Bertz CT molecular complexity index is 1540. The molecular formula is C30H38Cl2N7O4+. The van der Waals surface area contributed by atoms with Crippen molar-refractivity contribution in [3.8, 4) is 0 Å². The number of carbonyl (C=O) groups is 1. The van der Waals surface area contributed by atoms with Gasteiger partial charge in [0.25, 0.3) is 0 Å². The van der Waals surface area contributed by atoms with Gasteiger partial charge in [-0.3, -0.25) is 19.4 Å². The van der Waals surface area contributed by atoms with Crippen LogP contribution in [0.5, 0.6) is 0 Å². The number of carbonyl (C=O) groups excluding carboxylic acids is 1. The lowest BCUT2D eigenvalue weighted by Crippen LogP contribution is -2.66. The maximum atomic E-state index is 12.1. The van der Waals surface area contributed by atoms with E-state index in [1.54, 1.807) is 24.4 Å². The maximum absolute atomic E-state index is 12.1. The number of amides is 1. The van der Waals surface area contributed by atoms with Gasteiger partial charge in [0.1, 0.15) is 11.5 Å². The van der Waals surface area contributed by atoms with Crippen molar-refractivity contribution in [1.29, 1.82) is 0 Å². The summed E-state index contributed by atoms with van der Waals surface area (Å²) >= 11 is 12.8. The van der Waals surface area contributed by atoms with Gasteiger partial charge in [0, 0.05) is 67.9 Å². The van der Waals surface area contributed by atoms with E-state index < -0.39 is 16.9 Å². The molecule has 5 rings (SSSR count). The van der Waals surface area contributed by atoms with Crippen molar-refractivity contribution in [2.24, 2.45) is 5.73 Å². The van der Waals surface area contributed by atoms with E-state index in [2.05, 4.69) is 31.9 Å². The van der Waals surface area contributed by atoms with Gasteiger partial charge in [-0.2, -0.15) is 4.57 Å². The normalized spacial score (nSPS) is 18.8. The number of nitrogens with one attached hydrogen (secondary N) is 1. The van der Waals surface area contributed by atoms with Crippen LogP contribution in [0.2, 0.25) is 10.0 Å². The van der Waals surface area contributed by atoms with Crippen molar-refractivity contribution < 1.29 is 14.5 Å². The maximum Gasteiger partial charge on any atom is 0.390 e. The average Bonchev–Trinajstić information content (AvgIpc) is 3.01. The molecule has 0 unspecified atom stereocenters. The van der Waals surface area contributed by atoms with Gasteiger partial charge in [-0.1, -0.05) is 36.2 Å². The van der Waals surface area contributed by atoms with Gasteiger partial charge in [0.15, 0.2) is 0 Å². The molecule has 2 aliphatic rings. The van der Waals surface area contributed by atoms with Crippen molar-refractivity contribution >= 4 is 46.4 Å². The largest absolute Gasteiger partial charge is 0.396 e. The Labute approximate surface area is 260 Å². The third-order valence-corrected chi connectivity index (χ3v) is 9.12. The first-order valence-electron chi connectivity index (χ1n) is 14.8. The summed E-state index contributed by atoms with van der Waals surface area (Å²) < 4.78 is 1.33. The molecule has 230 valence electrons. The number of hydrogen-bond acceptors (Lipinski definition) is 9. The van der Waals surface area contributed by atoms with Gasteiger partial charge in [0.05, 0.1) is 17.8 Å². The zero-order valence-corrected chi connectivity index (χ0v) is 25.8. The molecule has 0 radical (unpaired) electrons. The summed E-state index contributed by atoms with van der Waals surface area (Å²) in [5, 5.41) is 13.0. The molecule has 0 aliphatic carbocycles. The standard InChI is InChI=1S/C30H37Cl2N7O4/c1-2-22-18-37(28-25(32)15-21(16-34-28)35-29-26(41)30(43)39(29)8-3-13-40)11-12-38(22)23-6-9-36(10-7-23)17-19-4-5-20(31)14-24(19)27(33)42/h4-5,14-16,22-23,40H,2-3,6-13,17-18H2,1H3,(H2,33,42)/p+1/t22-/m0/s1. The Morgan fingerprint density at radius 2 is 1.93 bits per heavy atom. The van der Waals surface area contributed by atoms with Gasteiger partial charge in [-0.15, -0.1) is 0 Å². The first-order chi connectivity index (χ1) is 20.7. The zero-order valence-electron chi connectivity index (χ0n) is 24.3. The van der Waals surface area contributed by atoms with Crippen LogP contribution in [0.15, 0.2) is 40.1 Å². The molecule has 0 spiro atoms. The van der Waals surface area contributed by atoms with Crippen molar-refractivity contribution in [2.75, 3.05) is 49.5 Å². The van der Waals surface area contributed by atoms with Crippen LogP contribution in [0.4, 0.5) is 17.3 Å². The molecule has 11 nitrogen and oxygen atoms in total. The predicted octanol–water partition coefficient (Wildman–Crippen LogP) is 2.06. The minimum atomic E-state index is -0.591. The number of benzene rings is 1. The van der Waals surface area contributed by atoms with Crippen LogP contribution < -0.4 is 31.5 Å². The Balaban J connectivity index is 1.18. The number of piperazine rings is 1. The lowest BCUT2D eigenvalue weighted by Gasteiger charge is -2.47. The van der Waals surface area contributed by atoms with E-state index in [0.29, 0.717) is 52.2 Å². The molecular weight excluding hydrogens is 593 g/mol. The van der Waals surface area contributed by atoms with E-state index in [1.807, 2.05) is 6.07 Å². The monoisotopic (exact) mass is 630 g/mol. The second kappa shape index (κ2) is 13.7. The summed E-state index contributed by atoms with van der Waals surface area (Å²) in [5.74, 6) is 0.420. The number of halogens is 2. The number of rotatable bonds is 11. The van der Waals surface area contributed by atoms with Crippen LogP contribution in [0, 0.1) is 0 Å². The molecule has 13 heteroatoms. The third-order valence-electron chi connectivity index (χ3n) is 8.61. The number of likely N-dealkylation sites (tertiary alicyclic amines) is 1. The molecule has 2 aromatic heterocycles. The van der Waals surface area contributed by atoms with E-state index in [1.165, 1.54) is 4.57 Å². The highest BCUT2D eigenvalue weighted by Crippen LogP contribution is 2.31. The third kappa shape index (κ3) is 6.86. The molecule has 4 heterocycles. The quantitative estimate of drug-likeness (QED) is 0.215. The highest BCUT2D eigenvalue weighted by atomic mass is 35.5. The number of nitrogens with two attached hydrogens (primary N) is 1. The van der Waals surface area contributed by atoms with Crippen molar-refractivity contribution in [3.05, 3.63) is 72.2 Å². The molecule has 1 atom stereocenters. The van der Waals surface area contributed by atoms with Crippen LogP contribution >= 0.6 is 23.2 Å². The number of piperidine rings is 1. The molecule has 1 amide bonds. The number of aliphatic hydroxyl groups excluding tert-OH is 1. The number of primary amides is 1. The molecule has 43 heavy (non-hydrogen) atoms. The molecule has 4 N–H and O–H groups in total. The Hall–Kier alpha value is -3.09. The van der Waals surface area contributed by atoms with Crippen molar-refractivity contribution in [3.63, 3.8) is 0 Å². The van der Waals surface area contributed by atoms with E-state index >= 15 is 0 Å². The first-order valence-corrected chi connectivity index (χ1v) is 15.5. The summed E-state index contributed by atoms with van der Waals surface area (Å²) in [4.78, 5) is 47.7. The second-order valence-corrected chi connectivity index (χ2v) is 12.1. The smallest absolute Gasteiger partial charge is 0.390 e. The van der Waals surface area contributed by atoms with Crippen LogP contribution in [0.25, 0.3) is 0 Å². The fraction of sp³-hybridized carbons (Fsp3) is 0.500. The zero-order chi connectivity index (χ0) is 30.7. The fourth-order valence-electron chi connectivity index (χ4n) is 6.30. The summed E-state index contributed by atoms with van der Waals surface area (Å²) in [6.07, 6.45) is 5.10. The number of hydrogen-bond donors (Lipinski definition) is 3. The Morgan fingerprint density at radius 3 is 2.60 bits per heavy atom.